The summed E-state index contributed by atoms with van der Waals surface area (Å²) >= 11 is 7.71. The SMILES string of the molecule is O=C(C1CCC1)N(Cc1ccc(F)cc1)c1nc(-c2ccccc2Cl)cs1. The quantitative estimate of drug-likeness (QED) is 0.531. The summed E-state index contributed by atoms with van der Waals surface area (Å²) in [5.74, 6) is -0.144. The average molecular weight is 401 g/mol. The lowest BCUT2D eigenvalue weighted by Gasteiger charge is -2.30. The lowest BCUT2D eigenvalue weighted by molar-refractivity contribution is -0.124. The number of carbonyl (C=O) groups is 1. The van der Waals surface area contributed by atoms with Crippen molar-refractivity contribution in [1.82, 2.24) is 4.98 Å². The molecule has 1 heterocycles. The van der Waals surface area contributed by atoms with E-state index < -0.39 is 0 Å². The molecule has 3 nitrogen and oxygen atoms in total. The van der Waals surface area contributed by atoms with Crippen LogP contribution in [0.4, 0.5) is 9.52 Å². The largest absolute Gasteiger partial charge is 0.283 e. The van der Waals surface area contributed by atoms with Gasteiger partial charge in [-0.2, -0.15) is 0 Å². The number of anilines is 1. The van der Waals surface area contributed by atoms with Crippen LogP contribution in [0.1, 0.15) is 24.8 Å². The van der Waals surface area contributed by atoms with Gasteiger partial charge < -0.3 is 0 Å². The van der Waals surface area contributed by atoms with Gasteiger partial charge in [-0.05, 0) is 36.6 Å². The molecule has 0 bridgehead atoms. The average Bonchev–Trinajstić information content (AvgIpc) is 3.09. The Kier molecular flexibility index (Phi) is 5.23. The van der Waals surface area contributed by atoms with Gasteiger partial charge in [0.25, 0.3) is 0 Å². The molecule has 0 atom stereocenters. The van der Waals surface area contributed by atoms with Crippen LogP contribution >= 0.6 is 22.9 Å². The van der Waals surface area contributed by atoms with Crippen molar-refractivity contribution in [2.75, 3.05) is 4.90 Å². The number of thiazole rings is 1. The molecule has 138 valence electrons. The third-order valence-corrected chi connectivity index (χ3v) is 6.04. The second-order valence-electron chi connectivity index (χ2n) is 6.67. The van der Waals surface area contributed by atoms with Gasteiger partial charge in [-0.15, -0.1) is 11.3 Å². The zero-order valence-electron chi connectivity index (χ0n) is 14.6. The lowest BCUT2D eigenvalue weighted by atomic mass is 9.84. The van der Waals surface area contributed by atoms with Gasteiger partial charge in [0.2, 0.25) is 5.91 Å². The summed E-state index contributed by atoms with van der Waals surface area (Å²) in [5.41, 5.74) is 2.48. The molecular weight excluding hydrogens is 383 g/mol. The normalized spacial score (nSPS) is 14.0. The number of carbonyl (C=O) groups excluding carboxylic acids is 1. The maximum atomic E-state index is 13.2. The molecule has 2 aromatic carbocycles. The Bertz CT molecular complexity index is 953. The molecule has 1 aliphatic rings. The predicted octanol–water partition coefficient (Wildman–Crippen LogP) is 5.94. The first-order chi connectivity index (χ1) is 13.1. The van der Waals surface area contributed by atoms with Gasteiger partial charge in [-0.3, -0.25) is 9.69 Å². The van der Waals surface area contributed by atoms with E-state index in [2.05, 4.69) is 4.98 Å². The number of hydrogen-bond donors (Lipinski definition) is 0. The van der Waals surface area contributed by atoms with Gasteiger partial charge in [0.15, 0.2) is 5.13 Å². The number of hydrogen-bond acceptors (Lipinski definition) is 3. The molecular formula is C21H18ClFN2OS. The van der Waals surface area contributed by atoms with Crippen LogP contribution in [0.15, 0.2) is 53.9 Å². The maximum absolute atomic E-state index is 13.2. The smallest absolute Gasteiger partial charge is 0.232 e. The molecule has 1 aromatic heterocycles. The van der Waals surface area contributed by atoms with E-state index in [0.29, 0.717) is 16.7 Å². The van der Waals surface area contributed by atoms with E-state index in [-0.39, 0.29) is 17.6 Å². The highest BCUT2D eigenvalue weighted by atomic mass is 35.5. The number of nitrogens with zero attached hydrogens (tertiary/aromatic N) is 2. The lowest BCUT2D eigenvalue weighted by Crippen LogP contribution is -2.38. The summed E-state index contributed by atoms with van der Waals surface area (Å²) in [6.07, 6.45) is 2.92. The predicted molar refractivity (Wildman–Crippen MR) is 107 cm³/mol. The van der Waals surface area contributed by atoms with E-state index >= 15 is 0 Å². The van der Waals surface area contributed by atoms with Crippen molar-refractivity contribution in [3.05, 3.63) is 70.3 Å². The molecule has 1 fully saturated rings. The second-order valence-corrected chi connectivity index (χ2v) is 7.92. The first-order valence-corrected chi connectivity index (χ1v) is 10.1. The monoisotopic (exact) mass is 400 g/mol. The molecule has 3 aromatic rings. The summed E-state index contributed by atoms with van der Waals surface area (Å²) < 4.78 is 13.2. The Morgan fingerprint density at radius 2 is 1.93 bits per heavy atom. The van der Waals surface area contributed by atoms with Crippen LogP contribution in [-0.4, -0.2) is 10.9 Å². The minimum absolute atomic E-state index is 0.0538. The summed E-state index contributed by atoms with van der Waals surface area (Å²) in [5, 5.41) is 3.19. The third-order valence-electron chi connectivity index (χ3n) is 4.85. The van der Waals surface area contributed by atoms with Gasteiger partial charge in [-0.1, -0.05) is 48.4 Å². The zero-order chi connectivity index (χ0) is 18.8. The highest BCUT2D eigenvalue weighted by Gasteiger charge is 2.31. The van der Waals surface area contributed by atoms with E-state index in [1.54, 1.807) is 17.0 Å². The molecule has 1 saturated carbocycles. The summed E-state index contributed by atoms with van der Waals surface area (Å²) in [7, 11) is 0. The van der Waals surface area contributed by atoms with Crippen molar-refractivity contribution in [2.45, 2.75) is 25.8 Å². The van der Waals surface area contributed by atoms with Crippen LogP contribution in [0.25, 0.3) is 11.3 Å². The molecule has 0 saturated heterocycles. The molecule has 0 spiro atoms. The van der Waals surface area contributed by atoms with E-state index in [0.717, 1.165) is 36.1 Å². The van der Waals surface area contributed by atoms with E-state index in [1.807, 2.05) is 29.6 Å². The van der Waals surface area contributed by atoms with Crippen molar-refractivity contribution < 1.29 is 9.18 Å². The Labute approximate surface area is 166 Å². The number of rotatable bonds is 5. The number of amides is 1. The molecule has 27 heavy (non-hydrogen) atoms. The first kappa shape index (κ1) is 18.1. The molecule has 0 N–H and O–H groups in total. The van der Waals surface area contributed by atoms with Crippen LogP contribution in [0.3, 0.4) is 0 Å². The van der Waals surface area contributed by atoms with Gasteiger partial charge in [0.1, 0.15) is 5.82 Å². The van der Waals surface area contributed by atoms with Gasteiger partial charge in [0.05, 0.1) is 12.2 Å². The molecule has 0 aliphatic heterocycles. The van der Waals surface area contributed by atoms with E-state index in [4.69, 9.17) is 11.6 Å². The summed E-state index contributed by atoms with van der Waals surface area (Å²) in [6, 6.07) is 13.8. The van der Waals surface area contributed by atoms with E-state index in [1.165, 1.54) is 23.5 Å². The molecule has 0 radical (unpaired) electrons. The second kappa shape index (κ2) is 7.79. The van der Waals surface area contributed by atoms with Crippen LogP contribution in [0.2, 0.25) is 5.02 Å². The molecule has 0 unspecified atom stereocenters. The fourth-order valence-corrected chi connectivity index (χ4v) is 4.13. The molecule has 6 heteroatoms. The molecule has 1 amide bonds. The van der Waals surface area contributed by atoms with Crippen molar-refractivity contribution >= 4 is 34.0 Å². The van der Waals surface area contributed by atoms with Crippen LogP contribution in [-0.2, 0) is 11.3 Å². The Hall–Kier alpha value is -2.24. The fourth-order valence-electron chi connectivity index (χ4n) is 3.07. The highest BCUT2D eigenvalue weighted by Crippen LogP contribution is 2.35. The highest BCUT2D eigenvalue weighted by molar-refractivity contribution is 7.14. The van der Waals surface area contributed by atoms with E-state index in [9.17, 15) is 9.18 Å². The van der Waals surface area contributed by atoms with Crippen molar-refractivity contribution in [1.29, 1.82) is 0 Å². The third kappa shape index (κ3) is 3.89. The topological polar surface area (TPSA) is 33.2 Å². The maximum Gasteiger partial charge on any atom is 0.232 e. The van der Waals surface area contributed by atoms with Gasteiger partial charge >= 0.3 is 0 Å². The van der Waals surface area contributed by atoms with Crippen molar-refractivity contribution in [3.63, 3.8) is 0 Å². The van der Waals surface area contributed by atoms with Crippen molar-refractivity contribution in [3.8, 4) is 11.3 Å². The summed E-state index contributed by atoms with van der Waals surface area (Å²) in [6.45, 7) is 0.380. The minimum atomic E-state index is -0.286. The van der Waals surface area contributed by atoms with Crippen LogP contribution in [0.5, 0.6) is 0 Å². The Morgan fingerprint density at radius 1 is 1.19 bits per heavy atom. The Morgan fingerprint density at radius 3 is 2.59 bits per heavy atom. The first-order valence-electron chi connectivity index (χ1n) is 8.88. The van der Waals surface area contributed by atoms with Crippen molar-refractivity contribution in [2.24, 2.45) is 5.92 Å². The molecule has 1 aliphatic carbocycles. The Balaban J connectivity index is 1.65. The fraction of sp³-hybridized carbons (Fsp3) is 0.238. The van der Waals surface area contributed by atoms with Crippen LogP contribution < -0.4 is 4.90 Å². The number of aromatic nitrogens is 1. The van der Waals surface area contributed by atoms with Crippen LogP contribution in [0, 0.1) is 11.7 Å². The minimum Gasteiger partial charge on any atom is -0.283 e. The standard InChI is InChI=1S/C21H18ClFN2OS/c22-18-7-2-1-6-17(18)19-13-27-21(24-19)25(20(26)15-4-3-5-15)12-14-8-10-16(23)11-9-14/h1-2,6-11,13,15H,3-5,12H2. The van der Waals surface area contributed by atoms with Gasteiger partial charge in [-0.25, -0.2) is 9.37 Å². The number of benzene rings is 2. The summed E-state index contributed by atoms with van der Waals surface area (Å²) in [4.78, 5) is 19.4. The number of halogens is 2. The zero-order valence-corrected chi connectivity index (χ0v) is 16.1. The van der Waals surface area contributed by atoms with Gasteiger partial charge in [0, 0.05) is 21.9 Å². The molecule has 4 rings (SSSR count).